The zero-order valence-corrected chi connectivity index (χ0v) is 24.6. The second kappa shape index (κ2) is 13.9. The Morgan fingerprint density at radius 3 is 2.34 bits per heavy atom. The third-order valence-corrected chi connectivity index (χ3v) is 7.63. The number of carbonyl (C=O) groups is 5. The molecule has 4 atom stereocenters. The number of pyridine rings is 1. The average molecular weight is 626 g/mol. The van der Waals surface area contributed by atoms with E-state index in [-0.39, 0.29) is 23.8 Å². The van der Waals surface area contributed by atoms with E-state index in [0.29, 0.717) is 18.4 Å². The van der Waals surface area contributed by atoms with Gasteiger partial charge < -0.3 is 31.1 Å². The van der Waals surface area contributed by atoms with Gasteiger partial charge >= 0.3 is 7.82 Å². The summed E-state index contributed by atoms with van der Waals surface area (Å²) in [6.07, 6.45) is -1.65. The molecule has 2 aromatic carbocycles. The molecule has 0 spiro atoms. The number of fused-ring (bicyclic) bond motifs is 1. The predicted octanol–water partition coefficient (Wildman–Crippen LogP) is 1.07. The molecule has 0 bridgehead atoms. The van der Waals surface area contributed by atoms with Gasteiger partial charge in [-0.2, -0.15) is 0 Å². The number of primary amides is 1. The molecular formula is C29H32N5O9P. The van der Waals surface area contributed by atoms with Crippen molar-refractivity contribution >= 4 is 48.1 Å². The van der Waals surface area contributed by atoms with E-state index < -0.39 is 61.8 Å². The van der Waals surface area contributed by atoms with Crippen molar-refractivity contribution < 1.29 is 42.8 Å². The second-order valence-corrected chi connectivity index (χ2v) is 11.5. The first kappa shape index (κ1) is 32.4. The summed E-state index contributed by atoms with van der Waals surface area (Å²) in [6, 6.07) is 13.5. The third-order valence-electron chi connectivity index (χ3n) is 7.13. The van der Waals surface area contributed by atoms with Crippen LogP contribution in [-0.2, 0) is 23.5 Å². The van der Waals surface area contributed by atoms with Gasteiger partial charge in [0.05, 0.1) is 11.9 Å². The van der Waals surface area contributed by atoms with E-state index in [1.165, 1.54) is 35.2 Å². The van der Waals surface area contributed by atoms with Gasteiger partial charge in [-0.25, -0.2) is 9.55 Å². The smallest absolute Gasteiger partial charge is 0.370 e. The number of rotatable bonds is 12. The molecule has 15 heteroatoms. The van der Waals surface area contributed by atoms with Gasteiger partial charge in [0.1, 0.15) is 17.8 Å². The summed E-state index contributed by atoms with van der Waals surface area (Å²) >= 11 is 0. The molecule has 1 fully saturated rings. The van der Waals surface area contributed by atoms with Gasteiger partial charge in [0.15, 0.2) is 11.9 Å². The molecule has 4 rings (SSSR count). The SMILES string of the molecule is CC1CCCN1C(=O)C(OP(=O)(O)O)C(NC(=O)C(CC(N)=O)NC(=O)c1ccc2ccccc2n1)C(=O)c1ccccc1. The van der Waals surface area contributed by atoms with Gasteiger partial charge in [-0.3, -0.25) is 28.5 Å². The first-order valence-corrected chi connectivity index (χ1v) is 15.3. The molecule has 14 nitrogen and oxygen atoms in total. The number of hydrogen-bond donors (Lipinski definition) is 5. The Labute approximate surface area is 252 Å². The number of amides is 4. The van der Waals surface area contributed by atoms with Crippen LogP contribution in [0.4, 0.5) is 0 Å². The van der Waals surface area contributed by atoms with Crippen LogP contribution in [-0.4, -0.2) is 79.9 Å². The lowest BCUT2D eigenvalue weighted by molar-refractivity contribution is -0.141. The van der Waals surface area contributed by atoms with Crippen LogP contribution in [0.15, 0.2) is 66.7 Å². The highest BCUT2D eigenvalue weighted by molar-refractivity contribution is 7.46. The highest BCUT2D eigenvalue weighted by atomic mass is 31.2. The molecule has 6 N–H and O–H groups in total. The summed E-state index contributed by atoms with van der Waals surface area (Å²) in [6.45, 7) is 1.96. The van der Waals surface area contributed by atoms with Crippen LogP contribution in [0.3, 0.4) is 0 Å². The molecule has 4 amide bonds. The van der Waals surface area contributed by atoms with Crippen molar-refractivity contribution in [3.63, 3.8) is 0 Å². The maximum absolute atomic E-state index is 13.7. The first-order valence-electron chi connectivity index (χ1n) is 13.7. The number of hydrogen-bond acceptors (Lipinski definition) is 8. The normalized spacial score (nSPS) is 17.0. The molecule has 0 aliphatic carbocycles. The van der Waals surface area contributed by atoms with E-state index in [1.807, 2.05) is 0 Å². The largest absolute Gasteiger partial charge is 0.470 e. The minimum Gasteiger partial charge on any atom is -0.370 e. The number of Topliss-reactive ketones (excluding diaryl/α,β-unsaturated/α-hetero) is 1. The molecule has 44 heavy (non-hydrogen) atoms. The van der Waals surface area contributed by atoms with Crippen LogP contribution >= 0.6 is 7.82 Å². The number of benzene rings is 2. The molecule has 1 aliphatic heterocycles. The maximum Gasteiger partial charge on any atom is 0.470 e. The fourth-order valence-corrected chi connectivity index (χ4v) is 5.48. The van der Waals surface area contributed by atoms with Gasteiger partial charge in [0.25, 0.3) is 11.8 Å². The van der Waals surface area contributed by atoms with Crippen LogP contribution in [0.1, 0.15) is 47.0 Å². The van der Waals surface area contributed by atoms with Crippen molar-refractivity contribution in [2.45, 2.75) is 50.4 Å². The monoisotopic (exact) mass is 625 g/mol. The Balaban J connectivity index is 1.67. The number of nitrogens with two attached hydrogens (primary N) is 1. The lowest BCUT2D eigenvalue weighted by atomic mass is 9.97. The van der Waals surface area contributed by atoms with E-state index in [2.05, 4.69) is 15.6 Å². The number of nitrogens with zero attached hydrogens (tertiary/aromatic N) is 2. The Morgan fingerprint density at radius 1 is 1.02 bits per heavy atom. The summed E-state index contributed by atoms with van der Waals surface area (Å²) in [5, 5.41) is 5.43. The minimum atomic E-state index is -5.40. The van der Waals surface area contributed by atoms with E-state index in [9.17, 15) is 38.3 Å². The van der Waals surface area contributed by atoms with Crippen molar-refractivity contribution in [1.82, 2.24) is 20.5 Å². The Bertz CT molecular complexity index is 1610. The summed E-state index contributed by atoms with van der Waals surface area (Å²) in [7, 11) is -5.40. The van der Waals surface area contributed by atoms with Crippen LogP contribution in [0.2, 0.25) is 0 Å². The number of phosphoric ester groups is 1. The van der Waals surface area contributed by atoms with E-state index >= 15 is 0 Å². The van der Waals surface area contributed by atoms with Crippen molar-refractivity contribution in [2.75, 3.05) is 6.54 Å². The van der Waals surface area contributed by atoms with Crippen molar-refractivity contribution in [3.8, 4) is 0 Å². The summed E-state index contributed by atoms with van der Waals surface area (Å²) in [5.74, 6) is -4.78. The highest BCUT2D eigenvalue weighted by Crippen LogP contribution is 2.39. The average Bonchev–Trinajstić information content (AvgIpc) is 3.42. The van der Waals surface area contributed by atoms with Crippen LogP contribution in [0, 0.1) is 0 Å². The molecule has 0 saturated carbocycles. The number of likely N-dealkylation sites (tertiary alicyclic amines) is 1. The fourth-order valence-electron chi connectivity index (χ4n) is 4.97. The topological polar surface area (TPSA) is 218 Å². The summed E-state index contributed by atoms with van der Waals surface area (Å²) in [5.41, 5.74) is 5.76. The zero-order valence-electron chi connectivity index (χ0n) is 23.7. The molecule has 232 valence electrons. The van der Waals surface area contributed by atoms with E-state index in [4.69, 9.17) is 10.3 Å². The molecule has 4 unspecified atom stereocenters. The van der Waals surface area contributed by atoms with Crippen molar-refractivity contribution in [2.24, 2.45) is 5.73 Å². The fraction of sp³-hybridized carbons (Fsp3) is 0.310. The number of carbonyl (C=O) groups excluding carboxylic acids is 5. The minimum absolute atomic E-state index is 0.00441. The van der Waals surface area contributed by atoms with Gasteiger partial charge in [-0.05, 0) is 31.9 Å². The van der Waals surface area contributed by atoms with Gasteiger partial charge in [-0.15, -0.1) is 0 Å². The molecule has 3 aromatic rings. The second-order valence-electron chi connectivity index (χ2n) is 10.3. The lowest BCUT2D eigenvalue weighted by Crippen LogP contribution is -2.60. The first-order chi connectivity index (χ1) is 20.8. The standard InChI is InChI=1S/C29H32N5O9P/c1-17-8-7-15-34(17)29(39)26(43-44(40,41)42)24(25(36)19-10-3-2-4-11-19)33-28(38)22(16-23(30)35)32-27(37)21-14-13-18-9-5-6-12-20(18)31-21/h2-6,9-14,17,22,24,26H,7-8,15-16H2,1H3,(H2,30,35)(H,32,37)(H,33,38)(H2,40,41,42). The Kier molecular flexibility index (Phi) is 10.2. The number of ketones is 1. The Hall–Kier alpha value is -4.49. The number of nitrogens with one attached hydrogen (secondary N) is 2. The summed E-state index contributed by atoms with van der Waals surface area (Å²) in [4.78, 5) is 90.9. The van der Waals surface area contributed by atoms with Crippen LogP contribution < -0.4 is 16.4 Å². The van der Waals surface area contributed by atoms with Crippen molar-refractivity contribution in [1.29, 1.82) is 0 Å². The molecule has 1 saturated heterocycles. The zero-order chi connectivity index (χ0) is 32.0. The predicted molar refractivity (Wildman–Crippen MR) is 157 cm³/mol. The molecule has 0 radical (unpaired) electrons. The summed E-state index contributed by atoms with van der Waals surface area (Å²) < 4.78 is 16.9. The molecular weight excluding hydrogens is 593 g/mol. The van der Waals surface area contributed by atoms with Crippen LogP contribution in [0.25, 0.3) is 10.9 Å². The third kappa shape index (κ3) is 8.11. The molecule has 1 aromatic heterocycles. The van der Waals surface area contributed by atoms with Gasteiger partial charge in [0.2, 0.25) is 11.8 Å². The Morgan fingerprint density at radius 2 is 1.70 bits per heavy atom. The number of phosphoric acid groups is 1. The van der Waals surface area contributed by atoms with E-state index in [0.717, 1.165) is 5.39 Å². The van der Waals surface area contributed by atoms with Gasteiger partial charge in [-0.1, -0.05) is 54.6 Å². The molecule has 2 heterocycles. The quantitative estimate of drug-likeness (QED) is 0.142. The lowest BCUT2D eigenvalue weighted by Gasteiger charge is -2.32. The molecule has 1 aliphatic rings. The number of para-hydroxylation sites is 1. The van der Waals surface area contributed by atoms with E-state index in [1.54, 1.807) is 43.3 Å². The highest BCUT2D eigenvalue weighted by Gasteiger charge is 2.45. The maximum atomic E-state index is 13.7. The van der Waals surface area contributed by atoms with Crippen LogP contribution in [0.5, 0.6) is 0 Å². The van der Waals surface area contributed by atoms with Crippen molar-refractivity contribution in [3.05, 3.63) is 78.0 Å². The van der Waals surface area contributed by atoms with Gasteiger partial charge in [0, 0.05) is 23.5 Å². The number of aromatic nitrogens is 1.